The monoisotopic (exact) mass is 200 g/mol. The van der Waals surface area contributed by atoms with E-state index in [2.05, 4.69) is 0 Å². The van der Waals surface area contributed by atoms with Crippen molar-refractivity contribution in [3.63, 3.8) is 0 Å². The van der Waals surface area contributed by atoms with Gasteiger partial charge in [0, 0.05) is 5.88 Å². The molecule has 0 N–H and O–H groups in total. The van der Waals surface area contributed by atoms with Crippen LogP contribution in [-0.2, 0) is 12.8 Å². The van der Waals surface area contributed by atoms with Crippen LogP contribution in [0.1, 0.15) is 24.5 Å². The summed E-state index contributed by atoms with van der Waals surface area (Å²) in [5.41, 5.74) is 1.82. The first-order valence-corrected chi connectivity index (χ1v) is 5.14. The fourth-order valence-corrected chi connectivity index (χ4v) is 1.44. The van der Waals surface area contributed by atoms with Gasteiger partial charge >= 0.3 is 0 Å². The number of benzene rings is 1. The Bertz CT molecular complexity index is 271. The number of aryl methyl sites for hydroxylation is 2. The number of hydrogen-bond donors (Lipinski definition) is 0. The van der Waals surface area contributed by atoms with E-state index in [0.29, 0.717) is 5.88 Å². The first-order valence-electron chi connectivity index (χ1n) is 4.61. The van der Waals surface area contributed by atoms with E-state index in [1.54, 1.807) is 6.07 Å². The maximum atomic E-state index is 13.2. The van der Waals surface area contributed by atoms with Crippen molar-refractivity contribution in [1.82, 2.24) is 0 Å². The van der Waals surface area contributed by atoms with Gasteiger partial charge in [0.15, 0.2) is 0 Å². The molecule has 0 amide bonds. The summed E-state index contributed by atoms with van der Waals surface area (Å²) in [6, 6.07) is 5.46. The Kier molecular flexibility index (Phi) is 4.23. The lowest BCUT2D eigenvalue weighted by atomic mass is 10.1. The Morgan fingerprint density at radius 2 is 2.15 bits per heavy atom. The zero-order chi connectivity index (χ0) is 9.68. The van der Waals surface area contributed by atoms with E-state index < -0.39 is 0 Å². The minimum atomic E-state index is -0.0884. The molecule has 0 saturated heterocycles. The average molecular weight is 201 g/mol. The Morgan fingerprint density at radius 1 is 1.38 bits per heavy atom. The van der Waals surface area contributed by atoms with Crippen molar-refractivity contribution < 1.29 is 4.39 Å². The Labute approximate surface area is 83.7 Å². The summed E-state index contributed by atoms with van der Waals surface area (Å²) in [6.45, 7) is 1.96. The van der Waals surface area contributed by atoms with Gasteiger partial charge in [-0.2, -0.15) is 0 Å². The fourth-order valence-electron chi connectivity index (χ4n) is 1.30. The molecular weight excluding hydrogens is 187 g/mol. The lowest BCUT2D eigenvalue weighted by molar-refractivity contribution is 0.609. The van der Waals surface area contributed by atoms with Crippen molar-refractivity contribution in [3.8, 4) is 0 Å². The summed E-state index contributed by atoms with van der Waals surface area (Å²) in [5.74, 6) is 0.548. The van der Waals surface area contributed by atoms with E-state index in [0.717, 1.165) is 30.4 Å². The van der Waals surface area contributed by atoms with Gasteiger partial charge in [0.05, 0.1) is 0 Å². The SMILES string of the molecule is CCc1ccc(CCCCl)cc1F. The predicted octanol–water partition coefficient (Wildman–Crippen LogP) is 3.56. The molecule has 0 aliphatic rings. The van der Waals surface area contributed by atoms with E-state index >= 15 is 0 Å². The molecule has 2 heteroatoms. The molecule has 13 heavy (non-hydrogen) atoms. The van der Waals surface area contributed by atoms with Gasteiger partial charge in [-0.1, -0.05) is 19.1 Å². The largest absolute Gasteiger partial charge is 0.207 e. The maximum absolute atomic E-state index is 13.2. The van der Waals surface area contributed by atoms with Gasteiger partial charge in [0.2, 0.25) is 0 Å². The summed E-state index contributed by atoms with van der Waals surface area (Å²) in [7, 11) is 0. The van der Waals surface area contributed by atoms with Gasteiger partial charge in [-0.3, -0.25) is 0 Å². The first-order chi connectivity index (χ1) is 6.27. The normalized spacial score (nSPS) is 10.4. The standard InChI is InChI=1S/C11H14ClF/c1-2-10-6-5-9(4-3-7-12)8-11(10)13/h5-6,8H,2-4,7H2,1H3. The second-order valence-electron chi connectivity index (χ2n) is 3.07. The highest BCUT2D eigenvalue weighted by Crippen LogP contribution is 2.12. The summed E-state index contributed by atoms with van der Waals surface area (Å²) in [5, 5.41) is 0. The molecule has 1 aromatic rings. The smallest absolute Gasteiger partial charge is 0.126 e. The molecule has 1 rings (SSSR count). The highest BCUT2D eigenvalue weighted by Gasteiger charge is 2.00. The Morgan fingerprint density at radius 3 is 2.69 bits per heavy atom. The molecule has 0 aliphatic heterocycles. The molecule has 0 saturated carbocycles. The van der Waals surface area contributed by atoms with E-state index in [-0.39, 0.29) is 5.82 Å². The molecule has 0 aliphatic carbocycles. The molecule has 0 spiro atoms. The van der Waals surface area contributed by atoms with Crippen molar-refractivity contribution in [2.75, 3.05) is 5.88 Å². The highest BCUT2D eigenvalue weighted by atomic mass is 35.5. The molecule has 0 unspecified atom stereocenters. The minimum absolute atomic E-state index is 0.0884. The van der Waals surface area contributed by atoms with Gasteiger partial charge in [-0.15, -0.1) is 11.6 Å². The van der Waals surface area contributed by atoms with Crippen LogP contribution >= 0.6 is 11.6 Å². The minimum Gasteiger partial charge on any atom is -0.207 e. The summed E-state index contributed by atoms with van der Waals surface area (Å²) in [6.07, 6.45) is 2.53. The van der Waals surface area contributed by atoms with Crippen molar-refractivity contribution >= 4 is 11.6 Å². The molecule has 0 nitrogen and oxygen atoms in total. The van der Waals surface area contributed by atoms with Gasteiger partial charge in [0.1, 0.15) is 5.82 Å². The molecule has 72 valence electrons. The highest BCUT2D eigenvalue weighted by molar-refractivity contribution is 6.17. The lowest BCUT2D eigenvalue weighted by Crippen LogP contribution is -1.92. The van der Waals surface area contributed by atoms with Gasteiger partial charge in [-0.25, -0.2) is 4.39 Å². The van der Waals surface area contributed by atoms with Crippen LogP contribution in [0.25, 0.3) is 0 Å². The van der Waals surface area contributed by atoms with Crippen molar-refractivity contribution in [2.24, 2.45) is 0 Å². The molecule has 1 aromatic carbocycles. The molecule has 0 fully saturated rings. The average Bonchev–Trinajstić information content (AvgIpc) is 2.15. The van der Waals surface area contributed by atoms with Crippen molar-refractivity contribution in [2.45, 2.75) is 26.2 Å². The van der Waals surface area contributed by atoms with E-state index in [4.69, 9.17) is 11.6 Å². The third-order valence-electron chi connectivity index (χ3n) is 2.10. The van der Waals surface area contributed by atoms with Gasteiger partial charge in [0.25, 0.3) is 0 Å². The third kappa shape index (κ3) is 3.00. The van der Waals surface area contributed by atoms with Crippen molar-refractivity contribution in [3.05, 3.63) is 35.1 Å². The molecule has 0 aromatic heterocycles. The predicted molar refractivity (Wildman–Crippen MR) is 54.8 cm³/mol. The van der Waals surface area contributed by atoms with E-state index in [1.165, 1.54) is 0 Å². The van der Waals surface area contributed by atoms with Crippen LogP contribution in [0.15, 0.2) is 18.2 Å². The second kappa shape index (κ2) is 5.23. The number of hydrogen-bond acceptors (Lipinski definition) is 0. The fraction of sp³-hybridized carbons (Fsp3) is 0.455. The first kappa shape index (κ1) is 10.5. The van der Waals surface area contributed by atoms with Crippen LogP contribution < -0.4 is 0 Å². The van der Waals surface area contributed by atoms with Crippen LogP contribution in [0.4, 0.5) is 4.39 Å². The van der Waals surface area contributed by atoms with Crippen LogP contribution in [0.2, 0.25) is 0 Å². The topological polar surface area (TPSA) is 0 Å². The van der Waals surface area contributed by atoms with Gasteiger partial charge in [-0.05, 0) is 36.5 Å². The summed E-state index contributed by atoms with van der Waals surface area (Å²) >= 11 is 5.56. The molecule has 0 heterocycles. The zero-order valence-electron chi connectivity index (χ0n) is 7.82. The lowest BCUT2D eigenvalue weighted by Gasteiger charge is -2.03. The second-order valence-corrected chi connectivity index (χ2v) is 3.45. The van der Waals surface area contributed by atoms with Crippen LogP contribution in [-0.4, -0.2) is 5.88 Å². The third-order valence-corrected chi connectivity index (χ3v) is 2.36. The Hall–Kier alpha value is -0.560. The van der Waals surface area contributed by atoms with Gasteiger partial charge < -0.3 is 0 Å². The summed E-state index contributed by atoms with van der Waals surface area (Å²) in [4.78, 5) is 0. The molecule has 0 radical (unpaired) electrons. The number of halogens is 2. The van der Waals surface area contributed by atoms with Crippen LogP contribution in [0.3, 0.4) is 0 Å². The molecular formula is C11H14ClF. The van der Waals surface area contributed by atoms with E-state index in [9.17, 15) is 4.39 Å². The van der Waals surface area contributed by atoms with Crippen LogP contribution in [0, 0.1) is 5.82 Å². The summed E-state index contributed by atoms with van der Waals surface area (Å²) < 4.78 is 13.2. The maximum Gasteiger partial charge on any atom is 0.126 e. The molecule has 0 bridgehead atoms. The molecule has 0 atom stereocenters. The van der Waals surface area contributed by atoms with Crippen LogP contribution in [0.5, 0.6) is 0 Å². The number of alkyl halides is 1. The van der Waals surface area contributed by atoms with E-state index in [1.807, 2.05) is 19.1 Å². The number of rotatable bonds is 4. The van der Waals surface area contributed by atoms with Crippen molar-refractivity contribution in [1.29, 1.82) is 0 Å². The Balaban J connectivity index is 2.71. The quantitative estimate of drug-likeness (QED) is 0.652. The zero-order valence-corrected chi connectivity index (χ0v) is 8.57.